The Morgan fingerprint density at radius 3 is 1.11 bits per heavy atom. The number of para-hydroxylation sites is 2. The van der Waals surface area contributed by atoms with Crippen molar-refractivity contribution in [3.8, 4) is 78.9 Å². The van der Waals surface area contributed by atoms with E-state index in [1.165, 1.54) is 199 Å². The first-order valence-electron chi connectivity index (χ1n) is 52.1. The van der Waals surface area contributed by atoms with Crippen LogP contribution in [0, 0.1) is 0 Å². The van der Waals surface area contributed by atoms with Crippen LogP contribution in [-0.2, 0) is 51.0 Å². The van der Waals surface area contributed by atoms with Crippen molar-refractivity contribution in [2.75, 3.05) is 0 Å². The number of aryl methyl sites for hydroxylation is 4. The van der Waals surface area contributed by atoms with Crippen LogP contribution in [-0.4, -0.2) is 53.0 Å². The lowest BCUT2D eigenvalue weighted by Crippen LogP contribution is -2.33. The molecule has 0 aliphatic carbocycles. The molecular formula is C118H127F12N13OSSi-4. The molecule has 0 saturated heterocycles. The molecule has 146 heavy (non-hydrogen) atoms. The topological polar surface area (TPSA) is 178 Å². The van der Waals surface area contributed by atoms with Gasteiger partial charge >= 0.3 is 24.7 Å². The number of rotatable bonds is 43. The maximum atomic E-state index is 13.3. The van der Waals surface area contributed by atoms with Crippen molar-refractivity contribution in [3.05, 3.63) is 269 Å². The molecule has 0 atom stereocenters. The summed E-state index contributed by atoms with van der Waals surface area (Å²) in [5.41, 5.74) is 16.7. The minimum atomic E-state index is -4.54. The molecular weight excluding hydrogens is 1900 g/mol. The van der Waals surface area contributed by atoms with Gasteiger partial charge in [-0.05, 0) is 257 Å². The Morgan fingerprint density at radius 1 is 0.308 bits per heavy atom. The zero-order valence-corrected chi connectivity index (χ0v) is 86.0. The molecule has 6 aromatic carbocycles. The molecule has 1 aliphatic heterocycles. The maximum Gasteiger partial charge on any atom is 0.431 e. The SMILES string of the molecule is CCCCCCCCCC[Si]1(CCCCCCCCCC)C=CC(CCCCCC)=C1c1ccnc(-c2cc(C(F)(F)F)n[n-]2)c1.CCCCCc1cc2c(cc1-c1ccnc(-c3cc(C(F)(F)F)n[n-]3)c1)oc1ccccc12.CCCCCc1cc2c(cc1-c1ccnc(-c3cc(C(F)(F)F)n[n-]3)c1)sc1ccccc12.CCCCCc1cc2c3ccccc3n(C)c2cc1-c1ccnc(-c2cc(C(F)(F)F)n[n-]2)c1. The van der Waals surface area contributed by atoms with Crippen molar-refractivity contribution < 1.29 is 57.1 Å². The average molecular weight is 2030 g/mol. The fraction of sp³-hybridized carbons (Fsp3) is 0.390. The van der Waals surface area contributed by atoms with Crippen molar-refractivity contribution in [2.45, 2.75) is 290 Å². The zero-order valence-electron chi connectivity index (χ0n) is 84.2. The van der Waals surface area contributed by atoms with Gasteiger partial charge in [-0.15, -0.1) is 11.3 Å². The largest absolute Gasteiger partial charge is 0.573 e. The number of halogens is 12. The van der Waals surface area contributed by atoms with Gasteiger partial charge in [-0.2, -0.15) is 52.7 Å². The van der Waals surface area contributed by atoms with Crippen LogP contribution in [0.3, 0.4) is 0 Å². The predicted molar refractivity (Wildman–Crippen MR) is 569 cm³/mol. The third kappa shape index (κ3) is 27.1. The number of alkyl halides is 12. The molecule has 0 saturated carbocycles. The maximum absolute atomic E-state index is 13.3. The highest BCUT2D eigenvalue weighted by atomic mass is 32.1. The second-order valence-corrected chi connectivity index (χ2v) is 43.7. The Labute approximate surface area is 851 Å². The average Bonchev–Trinajstić information content (AvgIpc) is 1.60. The van der Waals surface area contributed by atoms with Gasteiger partial charge in [0, 0.05) is 107 Å². The third-order valence-corrected chi connectivity index (χ3v) is 33.8. The van der Waals surface area contributed by atoms with Gasteiger partial charge in [0.25, 0.3) is 0 Å². The van der Waals surface area contributed by atoms with E-state index in [-0.39, 0.29) is 22.8 Å². The van der Waals surface area contributed by atoms with E-state index in [1.54, 1.807) is 48.3 Å². The summed E-state index contributed by atoms with van der Waals surface area (Å²) >= 11 is 1.75. The fourth-order valence-corrected chi connectivity index (χ4v) is 26.3. The van der Waals surface area contributed by atoms with Crippen LogP contribution in [0.25, 0.3) is 148 Å². The number of aromatic nitrogens is 13. The van der Waals surface area contributed by atoms with E-state index in [0.29, 0.717) is 22.8 Å². The van der Waals surface area contributed by atoms with Gasteiger partial charge in [0.15, 0.2) is 0 Å². The minimum Gasteiger partial charge on any atom is -0.573 e. The van der Waals surface area contributed by atoms with Crippen molar-refractivity contribution in [1.29, 1.82) is 0 Å². The first-order valence-corrected chi connectivity index (χ1v) is 55.4. The van der Waals surface area contributed by atoms with Gasteiger partial charge in [-0.25, -0.2) is 0 Å². The van der Waals surface area contributed by atoms with E-state index in [9.17, 15) is 52.7 Å². The molecule has 0 radical (unpaired) electrons. The number of furan rings is 1. The highest BCUT2D eigenvalue weighted by Crippen LogP contribution is 2.48. The molecule has 0 spiro atoms. The molecule has 18 rings (SSSR count). The molecule has 0 unspecified atom stereocenters. The summed E-state index contributed by atoms with van der Waals surface area (Å²) in [6, 6.07) is 59.3. The number of unbranched alkanes of at least 4 members (excludes halogenated alkanes) is 23. The van der Waals surface area contributed by atoms with Gasteiger partial charge in [0.05, 0.1) is 0 Å². The van der Waals surface area contributed by atoms with E-state index in [2.05, 4.69) is 198 Å². The van der Waals surface area contributed by atoms with Crippen LogP contribution < -0.4 is 20.4 Å². The Bertz CT molecular complexity index is 6980. The molecule has 17 aromatic rings. The summed E-state index contributed by atoms with van der Waals surface area (Å²) in [4.78, 5) is 17.3. The first-order chi connectivity index (χ1) is 70.6. The Morgan fingerprint density at radius 2 is 0.664 bits per heavy atom. The quantitative estimate of drug-likeness (QED) is 0.0200. The second-order valence-electron chi connectivity index (χ2n) is 38.5. The Hall–Kier alpha value is -12.6. The normalized spacial score (nSPS) is 12.9. The Kier molecular flexibility index (Phi) is 37.0. The van der Waals surface area contributed by atoms with E-state index in [1.807, 2.05) is 72.8 Å². The lowest BCUT2D eigenvalue weighted by atomic mass is 9.93. The number of pyridine rings is 4. The molecule has 0 amide bonds. The Balaban J connectivity index is 0.000000147. The van der Waals surface area contributed by atoms with Crippen LogP contribution in [0.15, 0.2) is 229 Å². The van der Waals surface area contributed by atoms with Gasteiger partial charge in [-0.3, -0.25) is 19.9 Å². The highest BCUT2D eigenvalue weighted by molar-refractivity contribution is 7.25. The first kappa shape index (κ1) is 108. The molecule has 28 heteroatoms. The van der Waals surface area contributed by atoms with Crippen LogP contribution in [0.5, 0.6) is 0 Å². The number of allylic oxidation sites excluding steroid dienone is 2. The lowest BCUT2D eigenvalue weighted by molar-refractivity contribution is -0.142. The molecule has 768 valence electrons. The fourth-order valence-electron chi connectivity index (χ4n) is 20.0. The number of hydrogen-bond acceptors (Lipinski definition) is 10. The van der Waals surface area contributed by atoms with Crippen LogP contribution in [0.4, 0.5) is 52.7 Å². The van der Waals surface area contributed by atoms with Crippen molar-refractivity contribution >= 4 is 88.5 Å². The van der Waals surface area contributed by atoms with Crippen LogP contribution >= 0.6 is 11.3 Å². The summed E-state index contributed by atoms with van der Waals surface area (Å²) in [5.74, 6) is 0. The number of hydrogen-bond donors (Lipinski definition) is 0. The van der Waals surface area contributed by atoms with E-state index >= 15 is 0 Å². The zero-order chi connectivity index (χ0) is 103. The minimum absolute atomic E-state index is 0.0986. The standard InChI is InChI=1S/C39H61F3N3Si.C27H24F3N4.C26H21F3N3O.C26H21F3N3S/c1-4-7-10-13-15-17-19-22-28-46(29-23-20-18-16-14-11-8-5-2)30-26-33(24-21-12-9-6-3)38(46)34-25-27-43-35(31-34)36-32-37(45-44-36)39(40,41)42;1-3-4-5-8-17-13-21-19-9-6-7-10-24(19)34(2)25(21)15-20(17)18-11-12-31-22(14-18)23-16-26(33-32-23)27(28,29)30;2*1-2-3-4-7-16-12-20-18-8-5-6-9-23(18)33-24(20)14-19(16)17-10-11-30-21(13-17)22-15-25(32-31-22)26(27,28)29/h25-27,30-32H,4-24,28-29H2,1-3H3;6-7,9-16H,3-5,8H2,1-2H3;2*5-6,8-15H,2-4,7H2,1H3/q4*-1. The summed E-state index contributed by atoms with van der Waals surface area (Å²) in [7, 11) is 0.0671. The smallest absolute Gasteiger partial charge is 0.431 e. The summed E-state index contributed by atoms with van der Waals surface area (Å²) in [6.07, 6.45) is 30.7. The van der Waals surface area contributed by atoms with Crippen molar-refractivity contribution in [3.63, 3.8) is 0 Å². The molecule has 0 bridgehead atoms. The van der Waals surface area contributed by atoms with Gasteiger partial charge in [-0.1, -0.05) is 291 Å². The van der Waals surface area contributed by atoms with Gasteiger partial charge in [0.1, 0.15) is 42.0 Å². The van der Waals surface area contributed by atoms with Crippen molar-refractivity contribution in [1.82, 2.24) is 65.3 Å². The molecule has 12 heterocycles. The van der Waals surface area contributed by atoms with Crippen LogP contribution in [0.2, 0.25) is 12.1 Å². The molecule has 0 fully saturated rings. The van der Waals surface area contributed by atoms with E-state index in [4.69, 9.17) is 4.42 Å². The highest BCUT2D eigenvalue weighted by Gasteiger charge is 2.41. The third-order valence-electron chi connectivity index (χ3n) is 27.8. The molecule has 11 aromatic heterocycles. The monoisotopic (exact) mass is 2030 g/mol. The van der Waals surface area contributed by atoms with Crippen molar-refractivity contribution in [2.24, 2.45) is 7.05 Å². The second kappa shape index (κ2) is 50.2. The number of fused-ring (bicyclic) bond motifs is 9. The summed E-state index contributed by atoms with van der Waals surface area (Å²) in [5, 5.41) is 36.9. The van der Waals surface area contributed by atoms with E-state index < -0.39 is 55.6 Å². The summed E-state index contributed by atoms with van der Waals surface area (Å²) in [6.45, 7) is 13.3. The predicted octanol–water partition coefficient (Wildman–Crippen LogP) is 35.7. The molecule has 0 N–H and O–H groups in total. The number of thiophene rings is 1. The molecule has 14 nitrogen and oxygen atoms in total. The lowest BCUT2D eigenvalue weighted by Gasteiger charge is -2.31. The van der Waals surface area contributed by atoms with E-state index in [0.717, 1.165) is 180 Å². The van der Waals surface area contributed by atoms with Crippen LogP contribution in [0.1, 0.15) is 279 Å². The number of nitrogens with zero attached hydrogens (tertiary/aromatic N) is 13. The van der Waals surface area contributed by atoms with Gasteiger partial charge < -0.3 is 49.8 Å². The molecule has 1 aliphatic rings. The summed E-state index contributed by atoms with van der Waals surface area (Å²) < 4.78 is 168. The van der Waals surface area contributed by atoms with Gasteiger partial charge in [0.2, 0.25) is 0 Å². The number of benzene rings is 6.